The van der Waals surface area contributed by atoms with Gasteiger partial charge in [0.15, 0.2) is 0 Å². The molecule has 0 radical (unpaired) electrons. The Morgan fingerprint density at radius 1 is 0.562 bits per heavy atom. The molecule has 0 saturated carbocycles. The van der Waals surface area contributed by atoms with Gasteiger partial charge in [0, 0.05) is 0 Å². The van der Waals surface area contributed by atoms with Crippen molar-refractivity contribution in [2.45, 2.75) is 55.4 Å². The predicted octanol–water partition coefficient (Wildman–Crippen LogP) is 4.62. The first kappa shape index (κ1) is 36.0. The third-order valence-corrected chi connectivity index (χ3v) is 0. The molecule has 0 unspecified atom stereocenters. The Morgan fingerprint density at radius 2 is 0.562 bits per heavy atom. The second kappa shape index (κ2) is 174. The van der Waals surface area contributed by atoms with E-state index in [4.69, 9.17) is 8.12 Å². The Bertz CT molecular complexity index is 34.9. The molecule has 3 heteroatoms. The van der Waals surface area contributed by atoms with E-state index >= 15 is 0 Å². The Morgan fingerprint density at radius 3 is 0.562 bits per heavy atom. The van der Waals surface area contributed by atoms with E-state index in [2.05, 4.69) is 0 Å². The van der Waals surface area contributed by atoms with Crippen molar-refractivity contribution in [3.05, 3.63) is 25.7 Å². The van der Waals surface area contributed by atoms with Crippen LogP contribution in [0.25, 0.3) is 0 Å². The molecular weight excluding hydrogens is 236 g/mol. The molecular formula is C13H30O2Ti-4. The van der Waals surface area contributed by atoms with E-state index in [1.54, 1.807) is 0 Å². The second-order valence-corrected chi connectivity index (χ2v) is 2.31. The molecule has 0 spiro atoms. The summed E-state index contributed by atoms with van der Waals surface area (Å²) in [4.78, 5) is 8.00. The molecule has 16 heavy (non-hydrogen) atoms. The molecule has 0 fully saturated rings. The second-order valence-electron chi connectivity index (χ2n) is 2.31. The van der Waals surface area contributed by atoms with Crippen LogP contribution in [0.2, 0.25) is 0 Å². The van der Waals surface area contributed by atoms with Gasteiger partial charge in [0.05, 0.1) is 0 Å². The molecule has 2 nitrogen and oxygen atoms in total. The molecule has 0 N–H and O–H groups in total. The zero-order chi connectivity index (χ0) is 14.8. The van der Waals surface area contributed by atoms with Crippen LogP contribution in [0, 0.1) is 25.7 Å². The Balaban J connectivity index is -0.0000000190. The quantitative estimate of drug-likeness (QED) is 0.473. The van der Waals surface area contributed by atoms with E-state index in [9.17, 15) is 0 Å². The van der Waals surface area contributed by atoms with Crippen LogP contribution < -0.4 is 0 Å². The molecule has 0 aromatic rings. The van der Waals surface area contributed by atoms with Crippen molar-refractivity contribution in [1.29, 1.82) is 0 Å². The van der Waals surface area contributed by atoms with E-state index in [0.717, 1.165) is 20.4 Å². The van der Waals surface area contributed by atoms with Crippen molar-refractivity contribution in [3.63, 3.8) is 0 Å². The molecule has 0 aliphatic rings. The Hall–Kier alpha value is 0.184. The normalized spacial score (nSPS) is 4.94. The van der Waals surface area contributed by atoms with Crippen LogP contribution in [0.1, 0.15) is 55.4 Å². The Kier molecular flexibility index (Phi) is 392. The summed E-state index contributed by atoms with van der Waals surface area (Å²) < 4.78 is 8.25. The number of rotatable bonds is 0. The van der Waals surface area contributed by atoms with Gasteiger partial charge in [0.1, 0.15) is 6.79 Å². The van der Waals surface area contributed by atoms with E-state index < -0.39 is 0 Å². The predicted molar refractivity (Wildman–Crippen MR) is 70.4 cm³/mol. The van der Waals surface area contributed by atoms with E-state index in [0.29, 0.717) is 0 Å². The fourth-order valence-electron chi connectivity index (χ4n) is 0. The molecule has 0 aromatic carbocycles. The van der Waals surface area contributed by atoms with Crippen molar-refractivity contribution < 1.29 is 28.5 Å². The average molecular weight is 266 g/mol. The van der Waals surface area contributed by atoms with Crippen molar-refractivity contribution in [1.82, 2.24) is 0 Å². The van der Waals surface area contributed by atoms with Gasteiger partial charge in [-0.15, -0.1) is 0 Å². The van der Waals surface area contributed by atoms with Crippen LogP contribution in [0.5, 0.6) is 0 Å². The van der Waals surface area contributed by atoms with Gasteiger partial charge in [-0.05, 0) is 0 Å². The third kappa shape index (κ3) is 72600. The number of hydrogen-bond acceptors (Lipinski definition) is 2. The van der Waals surface area contributed by atoms with Gasteiger partial charge in [-0.25, -0.2) is 0 Å². The Labute approximate surface area is 116 Å². The summed E-state index contributed by atoms with van der Waals surface area (Å²) in [6.45, 7) is 18.0. The maximum atomic E-state index is 8.25. The van der Waals surface area contributed by atoms with Crippen molar-refractivity contribution in [2.75, 3.05) is 0 Å². The summed E-state index contributed by atoms with van der Waals surface area (Å²) in [5.41, 5.74) is 0. The molecule has 102 valence electrons. The zero-order valence-electron chi connectivity index (χ0n) is 12.3. The van der Waals surface area contributed by atoms with Gasteiger partial charge in [-0.1, -0.05) is 0 Å². The number of carbonyl (C=O) groups excluding carboxylic acids is 1. The fraction of sp³-hybridized carbons (Fsp3) is 0.615. The zero-order valence-corrected chi connectivity index (χ0v) is 13.9. The van der Waals surface area contributed by atoms with Crippen LogP contribution in [0.15, 0.2) is 0 Å². The summed E-state index contributed by atoms with van der Waals surface area (Å²) in [5.74, 6) is 0. The number of carbonyl (C=O) groups is 1. The van der Waals surface area contributed by atoms with Gasteiger partial charge >= 0.3 is 23.7 Å². The monoisotopic (exact) mass is 266 g/mol. The maximum absolute atomic E-state index is 8.25. The molecule has 0 aliphatic carbocycles. The summed E-state index contributed by atoms with van der Waals surface area (Å²) >= 11 is 0.750. The molecule has 0 saturated heterocycles. The molecule has 0 rings (SSSR count). The first-order valence-electron chi connectivity index (χ1n) is 5.11. The van der Waals surface area contributed by atoms with Crippen LogP contribution in [-0.4, -0.2) is 6.79 Å². The summed E-state index contributed by atoms with van der Waals surface area (Å²) in [6.07, 6.45) is 8.00. The number of hydrogen-bond donors (Lipinski definition) is 0. The fourth-order valence-corrected chi connectivity index (χ4v) is 0. The van der Waals surface area contributed by atoms with Gasteiger partial charge < -0.3 is 30.5 Å². The third-order valence-electron chi connectivity index (χ3n) is 0. The van der Waals surface area contributed by atoms with Gasteiger partial charge in [0.2, 0.25) is 0 Å². The first-order valence-corrected chi connectivity index (χ1v) is 5.75. The van der Waals surface area contributed by atoms with Crippen LogP contribution in [0.4, 0.5) is 0 Å². The van der Waals surface area contributed by atoms with Crippen LogP contribution in [0.3, 0.4) is 0 Å². The van der Waals surface area contributed by atoms with Crippen molar-refractivity contribution in [3.8, 4) is 0 Å². The van der Waals surface area contributed by atoms with Gasteiger partial charge in [-0.3, -0.25) is 0 Å². The topological polar surface area (TPSA) is 34.1 Å². The van der Waals surface area contributed by atoms with E-state index in [-0.39, 0.29) is 0 Å². The van der Waals surface area contributed by atoms with Crippen molar-refractivity contribution in [2.24, 2.45) is 0 Å². The minimum absolute atomic E-state index is 0.750. The summed E-state index contributed by atoms with van der Waals surface area (Å²) in [6, 6.07) is 0. The van der Waals surface area contributed by atoms with Crippen LogP contribution in [-0.2, 0) is 28.5 Å². The molecule has 0 amide bonds. The minimum atomic E-state index is 0.750. The first-order chi connectivity index (χ1) is 7.66. The molecule has 0 atom stereocenters. The average Bonchev–Trinajstić information content (AvgIpc) is 2.27. The van der Waals surface area contributed by atoms with E-state index in [1.165, 1.54) is 0 Å². The molecule has 0 aromatic heterocycles. The standard InChI is InChI=1S/4C3H7.CH2O.O.Ti/c4*1-3-2;1-2;;/h4*3H,1-2H3;1H2;;/q4*-1;;;. The molecule has 0 aliphatic heterocycles. The summed E-state index contributed by atoms with van der Waals surface area (Å²) in [7, 11) is 0. The van der Waals surface area contributed by atoms with E-state index in [1.807, 2.05) is 87.9 Å². The van der Waals surface area contributed by atoms with Crippen molar-refractivity contribution >= 4 is 6.79 Å². The SMILES string of the molecule is C=O.C[CH-]C.C[CH-]C.C[CH-]C.C[CH-]C.[O]=[Ti]. The van der Waals surface area contributed by atoms with Gasteiger partial charge in [0.25, 0.3) is 0 Å². The van der Waals surface area contributed by atoms with Gasteiger partial charge in [-0.2, -0.15) is 55.4 Å². The molecule has 0 bridgehead atoms. The summed E-state index contributed by atoms with van der Waals surface area (Å²) in [5, 5.41) is 0. The van der Waals surface area contributed by atoms with Crippen LogP contribution >= 0.6 is 0 Å². The molecule has 0 heterocycles.